The number of phenolic OH excluding ortho intramolecular Hbond substituents is 1. The largest absolute Gasteiger partial charge is 0.508 e. The van der Waals surface area contributed by atoms with E-state index in [-0.39, 0.29) is 29.9 Å². The van der Waals surface area contributed by atoms with Crippen LogP contribution in [0.3, 0.4) is 0 Å². The summed E-state index contributed by atoms with van der Waals surface area (Å²) in [4.78, 5) is 37.8. The summed E-state index contributed by atoms with van der Waals surface area (Å²) in [6.07, 6.45) is 2.83. The van der Waals surface area contributed by atoms with Crippen LogP contribution in [0, 0.1) is 11.8 Å². The fraction of sp³-hybridized carbons (Fsp3) is 0.429. The standard InChI is InChI=1S/C21H24N4O3/c1-13(2)6-19-22-9-15-10-24(12-18(15)23-19)21(28)14-7-20(27)25(11-14)16-4-3-5-17(26)8-16/h3-5,8-9,13-14,26H,6-7,10-12H2,1-2H3/t14-/m1/s1. The van der Waals surface area contributed by atoms with Crippen molar-refractivity contribution in [2.75, 3.05) is 11.4 Å². The molecule has 146 valence electrons. The Hall–Kier alpha value is -2.96. The lowest BCUT2D eigenvalue weighted by Crippen LogP contribution is -2.34. The van der Waals surface area contributed by atoms with E-state index in [2.05, 4.69) is 23.8 Å². The lowest BCUT2D eigenvalue weighted by Gasteiger charge is -2.20. The molecule has 0 aliphatic carbocycles. The van der Waals surface area contributed by atoms with Gasteiger partial charge in [-0.3, -0.25) is 9.59 Å². The second-order valence-electron chi connectivity index (χ2n) is 7.98. The van der Waals surface area contributed by atoms with Gasteiger partial charge < -0.3 is 14.9 Å². The molecule has 2 aromatic rings. The molecular formula is C21H24N4O3. The van der Waals surface area contributed by atoms with Crippen molar-refractivity contribution < 1.29 is 14.7 Å². The van der Waals surface area contributed by atoms with Gasteiger partial charge in [0.1, 0.15) is 11.6 Å². The molecule has 2 aliphatic heterocycles. The third kappa shape index (κ3) is 3.56. The molecule has 1 fully saturated rings. The number of carbonyl (C=O) groups excluding carboxylic acids is 2. The smallest absolute Gasteiger partial charge is 0.228 e. The summed E-state index contributed by atoms with van der Waals surface area (Å²) < 4.78 is 0. The van der Waals surface area contributed by atoms with Gasteiger partial charge >= 0.3 is 0 Å². The Morgan fingerprint density at radius 3 is 2.89 bits per heavy atom. The summed E-state index contributed by atoms with van der Waals surface area (Å²) in [5.41, 5.74) is 2.51. The maximum absolute atomic E-state index is 13.0. The molecule has 1 aromatic heterocycles. The van der Waals surface area contributed by atoms with Crippen molar-refractivity contribution in [3.05, 3.63) is 47.5 Å². The number of phenols is 1. The van der Waals surface area contributed by atoms with E-state index in [0.29, 0.717) is 31.2 Å². The van der Waals surface area contributed by atoms with Gasteiger partial charge in [-0.15, -0.1) is 0 Å². The van der Waals surface area contributed by atoms with Gasteiger partial charge in [0.2, 0.25) is 11.8 Å². The van der Waals surface area contributed by atoms with E-state index >= 15 is 0 Å². The summed E-state index contributed by atoms with van der Waals surface area (Å²) in [7, 11) is 0. The van der Waals surface area contributed by atoms with Gasteiger partial charge in [-0.25, -0.2) is 9.97 Å². The zero-order chi connectivity index (χ0) is 19.8. The molecule has 1 atom stereocenters. The van der Waals surface area contributed by atoms with E-state index in [9.17, 15) is 14.7 Å². The van der Waals surface area contributed by atoms with E-state index in [4.69, 9.17) is 0 Å². The molecule has 7 nitrogen and oxygen atoms in total. The van der Waals surface area contributed by atoms with E-state index in [1.54, 1.807) is 34.1 Å². The van der Waals surface area contributed by atoms with Gasteiger partial charge in [-0.05, 0) is 18.1 Å². The van der Waals surface area contributed by atoms with Crippen LogP contribution in [0.4, 0.5) is 5.69 Å². The lowest BCUT2D eigenvalue weighted by atomic mass is 10.1. The highest BCUT2D eigenvalue weighted by molar-refractivity contribution is 6.00. The van der Waals surface area contributed by atoms with Crippen molar-refractivity contribution in [2.24, 2.45) is 11.8 Å². The predicted octanol–water partition coefficient (Wildman–Crippen LogP) is 2.28. The van der Waals surface area contributed by atoms with Crippen LogP contribution < -0.4 is 4.90 Å². The third-order valence-electron chi connectivity index (χ3n) is 5.22. The molecule has 1 N–H and O–H groups in total. The SMILES string of the molecule is CC(C)Cc1ncc2c(n1)CN(C(=O)[C@@H]1CC(=O)N(c3cccc(O)c3)C1)C2. The molecule has 2 aliphatic rings. The normalized spacial score (nSPS) is 18.8. The highest BCUT2D eigenvalue weighted by Gasteiger charge is 2.39. The number of fused-ring (bicyclic) bond motifs is 1. The van der Waals surface area contributed by atoms with E-state index < -0.39 is 0 Å². The minimum atomic E-state index is -0.382. The molecule has 1 saturated heterocycles. The second kappa shape index (κ2) is 7.22. The van der Waals surface area contributed by atoms with Crippen molar-refractivity contribution in [3.8, 4) is 5.75 Å². The summed E-state index contributed by atoms with van der Waals surface area (Å²) >= 11 is 0. The summed E-state index contributed by atoms with van der Waals surface area (Å²) in [6, 6.07) is 6.56. The average molecular weight is 380 g/mol. The predicted molar refractivity (Wildman–Crippen MR) is 103 cm³/mol. The first-order valence-electron chi connectivity index (χ1n) is 9.62. The molecule has 0 unspecified atom stereocenters. The second-order valence-corrected chi connectivity index (χ2v) is 7.98. The van der Waals surface area contributed by atoms with Gasteiger partial charge in [0.05, 0.1) is 18.2 Å². The Morgan fingerprint density at radius 1 is 1.32 bits per heavy atom. The molecule has 0 spiro atoms. The molecule has 7 heteroatoms. The fourth-order valence-corrected chi connectivity index (χ4v) is 3.86. The van der Waals surface area contributed by atoms with Gasteiger partial charge in [-0.1, -0.05) is 19.9 Å². The zero-order valence-corrected chi connectivity index (χ0v) is 16.1. The Kier molecular flexibility index (Phi) is 4.75. The number of amides is 2. The Morgan fingerprint density at radius 2 is 2.14 bits per heavy atom. The number of hydrogen-bond donors (Lipinski definition) is 1. The van der Waals surface area contributed by atoms with Crippen molar-refractivity contribution in [2.45, 2.75) is 39.8 Å². The van der Waals surface area contributed by atoms with Crippen molar-refractivity contribution >= 4 is 17.5 Å². The number of nitrogens with zero attached hydrogens (tertiary/aromatic N) is 4. The van der Waals surface area contributed by atoms with Gasteiger partial charge in [0.15, 0.2) is 0 Å². The third-order valence-corrected chi connectivity index (χ3v) is 5.22. The molecule has 0 bridgehead atoms. The van der Waals surface area contributed by atoms with Crippen LogP contribution in [0.15, 0.2) is 30.5 Å². The first kappa shape index (κ1) is 18.4. The van der Waals surface area contributed by atoms with Crippen molar-refractivity contribution in [3.63, 3.8) is 0 Å². The first-order chi connectivity index (χ1) is 13.4. The number of aromatic nitrogens is 2. The minimum absolute atomic E-state index is 0.0283. The van der Waals surface area contributed by atoms with E-state index in [1.165, 1.54) is 0 Å². The minimum Gasteiger partial charge on any atom is -0.508 e. The summed E-state index contributed by atoms with van der Waals surface area (Å²) in [5.74, 6) is 0.886. The molecule has 0 radical (unpaired) electrons. The molecular weight excluding hydrogens is 356 g/mol. The Balaban J connectivity index is 1.45. The highest BCUT2D eigenvalue weighted by Crippen LogP contribution is 2.30. The van der Waals surface area contributed by atoms with Crippen LogP contribution in [0.2, 0.25) is 0 Å². The monoisotopic (exact) mass is 380 g/mol. The topological polar surface area (TPSA) is 86.6 Å². The highest BCUT2D eigenvalue weighted by atomic mass is 16.3. The van der Waals surface area contributed by atoms with Crippen molar-refractivity contribution in [1.29, 1.82) is 0 Å². The zero-order valence-electron chi connectivity index (χ0n) is 16.1. The summed E-state index contributed by atoms with van der Waals surface area (Å²) in [5, 5.41) is 9.66. The van der Waals surface area contributed by atoms with E-state index in [1.807, 2.05) is 6.20 Å². The average Bonchev–Trinajstić information content (AvgIpc) is 3.24. The quantitative estimate of drug-likeness (QED) is 0.879. The van der Waals surface area contributed by atoms with Crippen LogP contribution >= 0.6 is 0 Å². The molecule has 3 heterocycles. The number of anilines is 1. The fourth-order valence-electron chi connectivity index (χ4n) is 3.86. The number of carbonyl (C=O) groups is 2. The molecule has 4 rings (SSSR count). The molecule has 0 saturated carbocycles. The van der Waals surface area contributed by atoms with E-state index in [0.717, 1.165) is 23.5 Å². The van der Waals surface area contributed by atoms with Gasteiger partial charge in [-0.2, -0.15) is 0 Å². The molecule has 1 aromatic carbocycles. The van der Waals surface area contributed by atoms with Gasteiger partial charge in [0, 0.05) is 49.4 Å². The summed E-state index contributed by atoms with van der Waals surface area (Å²) in [6.45, 7) is 5.55. The molecule has 2 amide bonds. The molecule has 28 heavy (non-hydrogen) atoms. The maximum Gasteiger partial charge on any atom is 0.228 e. The lowest BCUT2D eigenvalue weighted by molar-refractivity contribution is -0.136. The van der Waals surface area contributed by atoms with Gasteiger partial charge in [0.25, 0.3) is 0 Å². The van der Waals surface area contributed by atoms with Crippen LogP contribution in [0.5, 0.6) is 5.75 Å². The number of aromatic hydroxyl groups is 1. The van der Waals surface area contributed by atoms with Crippen LogP contribution in [0.1, 0.15) is 37.4 Å². The Labute approximate surface area is 164 Å². The number of benzene rings is 1. The first-order valence-corrected chi connectivity index (χ1v) is 9.62. The Bertz CT molecular complexity index is 928. The van der Waals surface area contributed by atoms with Crippen molar-refractivity contribution in [1.82, 2.24) is 14.9 Å². The number of hydrogen-bond acceptors (Lipinski definition) is 5. The maximum atomic E-state index is 13.0. The number of rotatable bonds is 4. The van der Waals surface area contributed by atoms with Crippen LogP contribution in [-0.4, -0.2) is 38.3 Å². The van der Waals surface area contributed by atoms with Crippen LogP contribution in [-0.2, 0) is 29.1 Å². The van der Waals surface area contributed by atoms with Crippen LogP contribution in [0.25, 0.3) is 0 Å².